The Balaban J connectivity index is 1.60. The van der Waals surface area contributed by atoms with Gasteiger partial charge in [-0.05, 0) is 43.4 Å². The molecule has 0 aromatic heterocycles. The molecule has 0 spiro atoms. The lowest BCUT2D eigenvalue weighted by Crippen LogP contribution is -2.43. The number of anilines is 1. The molecule has 0 radical (unpaired) electrons. The normalized spacial score (nSPS) is 23.1. The minimum Gasteiger partial charge on any atom is -0.325 e. The van der Waals surface area contributed by atoms with Gasteiger partial charge in [0.05, 0.1) is 18.1 Å². The number of hydrogen-bond acceptors (Lipinski definition) is 4. The fourth-order valence-electron chi connectivity index (χ4n) is 3.19. The average molecular weight is 336 g/mol. The Morgan fingerprint density at radius 1 is 1.17 bits per heavy atom. The third kappa shape index (κ3) is 4.32. The summed E-state index contributed by atoms with van der Waals surface area (Å²) in [4.78, 5) is 14.4. The molecule has 1 N–H and O–H groups in total. The van der Waals surface area contributed by atoms with E-state index < -0.39 is 9.84 Å². The summed E-state index contributed by atoms with van der Waals surface area (Å²) < 4.78 is 23.4. The summed E-state index contributed by atoms with van der Waals surface area (Å²) in [7, 11) is -2.92. The number of carbonyl (C=O) groups excluding carboxylic acids is 1. The lowest BCUT2D eigenvalue weighted by Gasteiger charge is -2.27. The van der Waals surface area contributed by atoms with Gasteiger partial charge in [-0.15, -0.1) is 0 Å². The van der Waals surface area contributed by atoms with Crippen molar-refractivity contribution in [1.82, 2.24) is 4.90 Å². The molecule has 3 rings (SSSR count). The van der Waals surface area contributed by atoms with Gasteiger partial charge in [-0.25, -0.2) is 8.42 Å². The van der Waals surface area contributed by atoms with Crippen LogP contribution < -0.4 is 5.32 Å². The van der Waals surface area contributed by atoms with Gasteiger partial charge in [-0.2, -0.15) is 0 Å². The number of nitrogens with one attached hydrogen (secondary N) is 1. The Morgan fingerprint density at radius 3 is 2.39 bits per heavy atom. The first-order chi connectivity index (χ1) is 11.0. The number of nitrogens with zero attached hydrogens (tertiary/aromatic N) is 1. The molecule has 1 aromatic rings. The standard InChI is InChI=1S/C17H24N2O3S/c1-2-13-3-5-14(6-4-13)18-17(20)11-19(15-7-8-15)16-9-10-23(21,22)12-16/h3-6,15-16H,2,7-12H2,1H3,(H,18,20)/t16-/m0/s1. The van der Waals surface area contributed by atoms with E-state index in [9.17, 15) is 13.2 Å². The van der Waals surface area contributed by atoms with Gasteiger partial charge in [0.2, 0.25) is 5.91 Å². The molecule has 23 heavy (non-hydrogen) atoms. The van der Waals surface area contributed by atoms with Crippen LogP contribution in [0.15, 0.2) is 24.3 Å². The Labute approximate surface area is 138 Å². The van der Waals surface area contributed by atoms with E-state index in [2.05, 4.69) is 17.1 Å². The first-order valence-electron chi connectivity index (χ1n) is 8.32. The van der Waals surface area contributed by atoms with Crippen LogP contribution in [0.25, 0.3) is 0 Å². The van der Waals surface area contributed by atoms with Gasteiger partial charge in [0, 0.05) is 17.8 Å². The molecule has 6 heteroatoms. The number of amides is 1. The van der Waals surface area contributed by atoms with E-state index in [1.165, 1.54) is 5.56 Å². The van der Waals surface area contributed by atoms with Gasteiger partial charge < -0.3 is 5.32 Å². The largest absolute Gasteiger partial charge is 0.325 e. The predicted molar refractivity (Wildman–Crippen MR) is 91.2 cm³/mol. The summed E-state index contributed by atoms with van der Waals surface area (Å²) in [6.45, 7) is 2.37. The van der Waals surface area contributed by atoms with Crippen LogP contribution in [0.2, 0.25) is 0 Å². The van der Waals surface area contributed by atoms with Crippen LogP contribution in [-0.2, 0) is 21.1 Å². The molecule has 126 valence electrons. The van der Waals surface area contributed by atoms with E-state index in [-0.39, 0.29) is 30.0 Å². The molecule has 1 saturated carbocycles. The van der Waals surface area contributed by atoms with E-state index in [4.69, 9.17) is 0 Å². The van der Waals surface area contributed by atoms with Crippen LogP contribution in [0, 0.1) is 0 Å². The highest BCUT2D eigenvalue weighted by Gasteiger charge is 2.40. The van der Waals surface area contributed by atoms with Crippen molar-refractivity contribution < 1.29 is 13.2 Å². The minimum absolute atomic E-state index is 0.000664. The molecule has 1 saturated heterocycles. The SMILES string of the molecule is CCc1ccc(NC(=O)CN(C2CC2)[C@H]2CCS(=O)(=O)C2)cc1. The molecule has 1 atom stereocenters. The van der Waals surface area contributed by atoms with Crippen LogP contribution in [-0.4, -0.2) is 49.4 Å². The maximum Gasteiger partial charge on any atom is 0.238 e. The maximum atomic E-state index is 12.3. The van der Waals surface area contributed by atoms with Crippen LogP contribution in [0.4, 0.5) is 5.69 Å². The highest BCUT2D eigenvalue weighted by atomic mass is 32.2. The first kappa shape index (κ1) is 16.5. The third-order valence-electron chi connectivity index (χ3n) is 4.67. The van der Waals surface area contributed by atoms with Gasteiger partial charge in [-0.1, -0.05) is 19.1 Å². The molecule has 1 amide bonds. The monoisotopic (exact) mass is 336 g/mol. The quantitative estimate of drug-likeness (QED) is 0.861. The summed E-state index contributed by atoms with van der Waals surface area (Å²) in [5.41, 5.74) is 2.03. The highest BCUT2D eigenvalue weighted by molar-refractivity contribution is 7.91. The smallest absolute Gasteiger partial charge is 0.238 e. The highest BCUT2D eigenvalue weighted by Crippen LogP contribution is 2.32. The first-order valence-corrected chi connectivity index (χ1v) is 10.1. The second-order valence-electron chi connectivity index (χ2n) is 6.56. The average Bonchev–Trinajstić information content (AvgIpc) is 3.29. The number of aryl methyl sites for hydroxylation is 1. The summed E-state index contributed by atoms with van der Waals surface area (Å²) in [5, 5.41) is 2.92. The fraction of sp³-hybridized carbons (Fsp3) is 0.588. The molecule has 0 unspecified atom stereocenters. The Kier molecular flexibility index (Phi) is 4.73. The third-order valence-corrected chi connectivity index (χ3v) is 6.42. The van der Waals surface area contributed by atoms with Gasteiger partial charge in [0.15, 0.2) is 9.84 Å². The topological polar surface area (TPSA) is 66.5 Å². The predicted octanol–water partition coefficient (Wildman–Crippen LogP) is 1.84. The minimum atomic E-state index is -2.92. The van der Waals surface area contributed by atoms with Gasteiger partial charge in [0.1, 0.15) is 0 Å². The lowest BCUT2D eigenvalue weighted by atomic mass is 10.1. The van der Waals surface area contributed by atoms with Gasteiger partial charge in [0.25, 0.3) is 0 Å². The van der Waals surface area contributed by atoms with Crippen molar-refractivity contribution in [3.05, 3.63) is 29.8 Å². The molecule has 1 aromatic carbocycles. The van der Waals surface area contributed by atoms with E-state index >= 15 is 0 Å². The molecule has 1 aliphatic carbocycles. The van der Waals surface area contributed by atoms with E-state index in [1.807, 2.05) is 24.3 Å². The summed E-state index contributed by atoms with van der Waals surface area (Å²) in [5.74, 6) is 0.383. The number of rotatable bonds is 6. The molecule has 0 bridgehead atoms. The van der Waals surface area contributed by atoms with Crippen molar-refractivity contribution in [2.24, 2.45) is 0 Å². The van der Waals surface area contributed by atoms with Crippen molar-refractivity contribution >= 4 is 21.4 Å². The van der Waals surface area contributed by atoms with Gasteiger partial charge in [-0.3, -0.25) is 9.69 Å². The van der Waals surface area contributed by atoms with Crippen molar-refractivity contribution in [3.8, 4) is 0 Å². The zero-order valence-electron chi connectivity index (χ0n) is 13.5. The molecule has 1 heterocycles. The Morgan fingerprint density at radius 2 is 1.87 bits per heavy atom. The van der Waals surface area contributed by atoms with E-state index in [0.717, 1.165) is 24.9 Å². The van der Waals surface area contributed by atoms with Crippen LogP contribution in [0.1, 0.15) is 31.7 Å². The molecule has 5 nitrogen and oxygen atoms in total. The van der Waals surface area contributed by atoms with E-state index in [1.54, 1.807) is 0 Å². The zero-order chi connectivity index (χ0) is 16.4. The number of hydrogen-bond donors (Lipinski definition) is 1. The Bertz CT molecular complexity index is 666. The van der Waals surface area contributed by atoms with Crippen LogP contribution >= 0.6 is 0 Å². The molecular weight excluding hydrogens is 312 g/mol. The fourth-order valence-corrected chi connectivity index (χ4v) is 4.93. The Hall–Kier alpha value is -1.40. The number of sulfone groups is 1. The van der Waals surface area contributed by atoms with Gasteiger partial charge >= 0.3 is 0 Å². The molecule has 1 aliphatic heterocycles. The second-order valence-corrected chi connectivity index (χ2v) is 8.79. The number of carbonyl (C=O) groups is 1. The second kappa shape index (κ2) is 6.61. The lowest BCUT2D eigenvalue weighted by molar-refractivity contribution is -0.117. The van der Waals surface area contributed by atoms with Crippen molar-refractivity contribution in [2.75, 3.05) is 23.4 Å². The summed E-state index contributed by atoms with van der Waals surface area (Å²) >= 11 is 0. The van der Waals surface area contributed by atoms with Crippen LogP contribution in [0.3, 0.4) is 0 Å². The van der Waals surface area contributed by atoms with Crippen molar-refractivity contribution in [3.63, 3.8) is 0 Å². The number of benzene rings is 1. The van der Waals surface area contributed by atoms with Crippen molar-refractivity contribution in [2.45, 2.75) is 44.7 Å². The molecular formula is C17H24N2O3S. The van der Waals surface area contributed by atoms with Crippen LogP contribution in [0.5, 0.6) is 0 Å². The van der Waals surface area contributed by atoms with Crippen molar-refractivity contribution in [1.29, 1.82) is 0 Å². The summed E-state index contributed by atoms with van der Waals surface area (Å²) in [6.07, 6.45) is 3.75. The molecule has 2 fully saturated rings. The maximum absolute atomic E-state index is 12.3. The van der Waals surface area contributed by atoms with E-state index in [0.29, 0.717) is 12.5 Å². The molecule has 2 aliphatic rings. The summed E-state index contributed by atoms with van der Waals surface area (Å²) in [6, 6.07) is 8.23. The zero-order valence-corrected chi connectivity index (χ0v) is 14.3.